The van der Waals surface area contributed by atoms with Crippen molar-refractivity contribution in [1.29, 1.82) is 0 Å². The van der Waals surface area contributed by atoms with Gasteiger partial charge in [0.1, 0.15) is 36.0 Å². The number of aromatic hydroxyl groups is 1. The number of ether oxygens (including phenoxy) is 2. The molecule has 0 radical (unpaired) electrons. The number of phenols is 1. The Morgan fingerprint density at radius 2 is 1.94 bits per heavy atom. The largest absolute Gasteiger partial charge is 0.512 e. The van der Waals surface area contributed by atoms with Crippen LogP contribution >= 0.6 is 0 Å². The number of hydrogen-bond acceptors (Lipinski definition) is 10. The Morgan fingerprint density at radius 3 is 2.52 bits per heavy atom. The number of carbonyl (C=O) groups is 1. The van der Waals surface area contributed by atoms with E-state index in [0.29, 0.717) is 0 Å². The summed E-state index contributed by atoms with van der Waals surface area (Å²) in [5.41, 5.74) is -0.392. The van der Waals surface area contributed by atoms with Gasteiger partial charge in [0.2, 0.25) is 0 Å². The van der Waals surface area contributed by atoms with Gasteiger partial charge in [0.05, 0.1) is 24.5 Å². The van der Waals surface area contributed by atoms with Crippen LogP contribution in [0.1, 0.15) is 16.8 Å². The third-order valence-corrected chi connectivity index (χ3v) is 4.18. The first kappa shape index (κ1) is 26.7. The van der Waals surface area contributed by atoms with E-state index in [-0.39, 0.29) is 18.8 Å². The van der Waals surface area contributed by atoms with E-state index in [4.69, 9.17) is 19.7 Å². The number of amides is 1. The summed E-state index contributed by atoms with van der Waals surface area (Å²) in [5.74, 6) is -2.56. The number of hydrogen-bond donors (Lipinski definition) is 8. The Labute approximate surface area is 177 Å². The third-order valence-electron chi connectivity index (χ3n) is 4.18. The first-order valence-corrected chi connectivity index (χ1v) is 9.25. The molecule has 0 spiro atoms. The highest BCUT2D eigenvalue weighted by molar-refractivity contribution is 5.96. The van der Waals surface area contributed by atoms with E-state index in [1.165, 1.54) is 0 Å². The van der Waals surface area contributed by atoms with Crippen LogP contribution in [0.5, 0.6) is 5.75 Å². The van der Waals surface area contributed by atoms with Crippen molar-refractivity contribution in [2.75, 3.05) is 26.9 Å². The van der Waals surface area contributed by atoms with Gasteiger partial charge in [0.25, 0.3) is 5.91 Å². The summed E-state index contributed by atoms with van der Waals surface area (Å²) in [6.07, 6.45) is -7.17. The van der Waals surface area contributed by atoms with Gasteiger partial charge in [0.15, 0.2) is 6.29 Å². The lowest BCUT2D eigenvalue weighted by atomic mass is 10.1. The number of aliphatic hydroxyl groups is 6. The second kappa shape index (κ2) is 13.2. The minimum absolute atomic E-state index is 0.143. The topological polar surface area (TPSA) is 189 Å². The van der Waals surface area contributed by atoms with Gasteiger partial charge in [-0.15, -0.1) is 0 Å². The van der Waals surface area contributed by atoms with Gasteiger partial charge < -0.3 is 50.5 Å². The van der Waals surface area contributed by atoms with Crippen LogP contribution in [-0.4, -0.2) is 99.2 Å². The second-order valence-corrected chi connectivity index (χ2v) is 6.51. The molecule has 176 valence electrons. The average Bonchev–Trinajstić information content (AvgIpc) is 2.74. The van der Waals surface area contributed by atoms with Crippen molar-refractivity contribution >= 4 is 5.91 Å². The predicted octanol–water partition coefficient (Wildman–Crippen LogP) is -1.48. The molecule has 0 aliphatic heterocycles. The van der Waals surface area contributed by atoms with Gasteiger partial charge in [0, 0.05) is 20.1 Å². The Hall–Kier alpha value is -2.32. The quantitative estimate of drug-likeness (QED) is 0.130. The van der Waals surface area contributed by atoms with Gasteiger partial charge in [-0.2, -0.15) is 0 Å². The standard InChI is InChI=1S/C19H28FNO10/c1-30-19(14(26)7-11(24)4-5-22)31-16(17(28)15(27)9-23)8-21-18(29)12-6-10(20)2-3-13(12)25/h2-3,6-7,14-17,19,22-28H,4-5,8-9H2,1H3,(H,21,29)/b11-7-/t14?,15?,16-,17-,19+/m1/s1. The van der Waals surface area contributed by atoms with Gasteiger partial charge in [-0.3, -0.25) is 4.79 Å². The molecule has 1 rings (SSSR count). The molecule has 0 aromatic heterocycles. The number of carbonyl (C=O) groups excluding carboxylic acids is 1. The number of methoxy groups -OCH3 is 1. The highest BCUT2D eigenvalue weighted by atomic mass is 19.1. The highest BCUT2D eigenvalue weighted by Gasteiger charge is 2.32. The second-order valence-electron chi connectivity index (χ2n) is 6.51. The molecule has 2 unspecified atom stereocenters. The summed E-state index contributed by atoms with van der Waals surface area (Å²) < 4.78 is 23.7. The van der Waals surface area contributed by atoms with E-state index in [0.717, 1.165) is 31.4 Å². The van der Waals surface area contributed by atoms with Crippen LogP contribution in [0.4, 0.5) is 4.39 Å². The van der Waals surface area contributed by atoms with Gasteiger partial charge in [-0.25, -0.2) is 4.39 Å². The summed E-state index contributed by atoms with van der Waals surface area (Å²) in [7, 11) is 1.14. The number of nitrogens with one attached hydrogen (secondary N) is 1. The Kier molecular flexibility index (Phi) is 11.3. The van der Waals surface area contributed by atoms with Crippen LogP contribution in [-0.2, 0) is 9.47 Å². The zero-order valence-electron chi connectivity index (χ0n) is 16.8. The first-order chi connectivity index (χ1) is 14.6. The normalized spacial score (nSPS) is 16.9. The molecule has 0 aliphatic carbocycles. The molecule has 0 bridgehead atoms. The molecule has 31 heavy (non-hydrogen) atoms. The monoisotopic (exact) mass is 449 g/mol. The predicted molar refractivity (Wildman–Crippen MR) is 104 cm³/mol. The summed E-state index contributed by atoms with van der Waals surface area (Å²) in [6, 6.07) is 2.71. The molecule has 1 amide bonds. The van der Waals surface area contributed by atoms with Crippen LogP contribution in [0.25, 0.3) is 0 Å². The Bertz CT molecular complexity index is 732. The summed E-state index contributed by atoms with van der Waals surface area (Å²) in [4.78, 5) is 12.3. The summed E-state index contributed by atoms with van der Waals surface area (Å²) in [6.45, 7) is -1.74. The van der Waals surface area contributed by atoms with Crippen molar-refractivity contribution in [3.8, 4) is 5.75 Å². The molecule has 0 heterocycles. The molecular weight excluding hydrogens is 421 g/mol. The minimum Gasteiger partial charge on any atom is -0.512 e. The van der Waals surface area contributed by atoms with E-state index in [2.05, 4.69) is 5.32 Å². The van der Waals surface area contributed by atoms with E-state index >= 15 is 0 Å². The van der Waals surface area contributed by atoms with Crippen molar-refractivity contribution < 1.29 is 54.4 Å². The zero-order valence-corrected chi connectivity index (χ0v) is 16.8. The van der Waals surface area contributed by atoms with Crippen molar-refractivity contribution in [1.82, 2.24) is 5.32 Å². The number of benzene rings is 1. The lowest BCUT2D eigenvalue weighted by Crippen LogP contribution is -2.50. The summed E-state index contributed by atoms with van der Waals surface area (Å²) >= 11 is 0. The lowest BCUT2D eigenvalue weighted by Gasteiger charge is -2.31. The lowest BCUT2D eigenvalue weighted by molar-refractivity contribution is -0.219. The number of aliphatic hydroxyl groups excluding tert-OH is 6. The average molecular weight is 449 g/mol. The molecule has 0 saturated carbocycles. The van der Waals surface area contributed by atoms with Crippen LogP contribution in [0, 0.1) is 5.82 Å². The maximum atomic E-state index is 13.3. The molecular formula is C19H28FNO10. The van der Waals surface area contributed by atoms with E-state index in [1.807, 2.05) is 0 Å². The van der Waals surface area contributed by atoms with Crippen molar-refractivity contribution in [3.63, 3.8) is 0 Å². The van der Waals surface area contributed by atoms with Crippen LogP contribution in [0.2, 0.25) is 0 Å². The molecule has 12 heteroatoms. The van der Waals surface area contributed by atoms with Gasteiger partial charge in [-0.05, 0) is 24.3 Å². The summed E-state index contributed by atoms with van der Waals surface area (Å²) in [5, 5.41) is 69.5. The maximum absolute atomic E-state index is 13.3. The van der Waals surface area contributed by atoms with Crippen LogP contribution in [0.15, 0.2) is 30.0 Å². The minimum atomic E-state index is -1.76. The maximum Gasteiger partial charge on any atom is 0.255 e. The highest BCUT2D eigenvalue weighted by Crippen LogP contribution is 2.18. The molecule has 0 saturated heterocycles. The van der Waals surface area contributed by atoms with E-state index < -0.39 is 66.9 Å². The van der Waals surface area contributed by atoms with Crippen LogP contribution < -0.4 is 5.32 Å². The first-order valence-electron chi connectivity index (χ1n) is 9.25. The van der Waals surface area contributed by atoms with Crippen LogP contribution in [0.3, 0.4) is 0 Å². The molecule has 11 nitrogen and oxygen atoms in total. The molecule has 1 aromatic rings. The van der Waals surface area contributed by atoms with Crippen molar-refractivity contribution in [2.45, 2.75) is 37.1 Å². The SMILES string of the molecule is CO[C@@H](O[C@H](CNC(=O)c1cc(F)ccc1O)[C@H](O)C(O)CO)C(O)/C=C(\O)CCO. The van der Waals surface area contributed by atoms with Crippen molar-refractivity contribution in [3.05, 3.63) is 41.4 Å². The smallest absolute Gasteiger partial charge is 0.255 e. The fraction of sp³-hybridized carbons (Fsp3) is 0.526. The molecule has 1 aromatic carbocycles. The van der Waals surface area contributed by atoms with Gasteiger partial charge in [-0.1, -0.05) is 0 Å². The molecule has 0 fully saturated rings. The fourth-order valence-electron chi connectivity index (χ4n) is 2.51. The number of rotatable bonds is 13. The van der Waals surface area contributed by atoms with Gasteiger partial charge >= 0.3 is 0 Å². The third kappa shape index (κ3) is 8.38. The van der Waals surface area contributed by atoms with E-state index in [9.17, 15) is 34.7 Å². The molecule has 8 N–H and O–H groups in total. The Balaban J connectivity index is 2.97. The molecule has 5 atom stereocenters. The van der Waals surface area contributed by atoms with Crippen molar-refractivity contribution in [2.24, 2.45) is 0 Å². The number of phenolic OH excluding ortho intramolecular Hbond substituents is 1. The fourth-order valence-corrected chi connectivity index (χ4v) is 2.51. The van der Waals surface area contributed by atoms with E-state index in [1.54, 1.807) is 0 Å². The molecule has 0 aliphatic rings. The zero-order chi connectivity index (χ0) is 23.6. The Morgan fingerprint density at radius 1 is 1.26 bits per heavy atom. The number of halogens is 1.